The van der Waals surface area contributed by atoms with E-state index in [-0.39, 0.29) is 19.3 Å². The van der Waals surface area contributed by atoms with Crippen molar-refractivity contribution in [1.29, 1.82) is 0 Å². The molecule has 0 bridgehead atoms. The number of carbonyl (C=O) groups excluding carboxylic acids is 3. The van der Waals surface area contributed by atoms with Crippen LogP contribution >= 0.6 is 11.8 Å². The van der Waals surface area contributed by atoms with Crippen LogP contribution in [0, 0.1) is 0 Å². The van der Waals surface area contributed by atoms with Gasteiger partial charge in [0.1, 0.15) is 18.1 Å². The van der Waals surface area contributed by atoms with Gasteiger partial charge >= 0.3 is 5.97 Å². The predicted octanol–water partition coefficient (Wildman–Crippen LogP) is -1.28. The van der Waals surface area contributed by atoms with Crippen LogP contribution in [0.5, 0.6) is 0 Å². The number of carbonyl (C=O) groups is 4. The molecule has 1 heterocycles. The van der Waals surface area contributed by atoms with Crippen molar-refractivity contribution >= 4 is 35.5 Å². The number of nitrogens with zero attached hydrogens (tertiary/aromatic N) is 1. The van der Waals surface area contributed by atoms with E-state index in [2.05, 4.69) is 25.9 Å². The summed E-state index contributed by atoms with van der Waals surface area (Å²) in [5.41, 5.74) is 12.1. The first kappa shape index (κ1) is 28.4. The van der Waals surface area contributed by atoms with Gasteiger partial charge in [-0.1, -0.05) is 0 Å². The molecule has 0 spiro atoms. The molecule has 4 unspecified atom stereocenters. The lowest BCUT2D eigenvalue weighted by Crippen LogP contribution is -2.56. The number of aliphatic carboxylic acids is 1. The minimum atomic E-state index is -1.14. The van der Waals surface area contributed by atoms with Crippen molar-refractivity contribution in [3.05, 3.63) is 18.2 Å². The molecule has 1 aromatic heterocycles. The highest BCUT2D eigenvalue weighted by Gasteiger charge is 2.28. The summed E-state index contributed by atoms with van der Waals surface area (Å²) in [5, 5.41) is 17.0. The van der Waals surface area contributed by atoms with Gasteiger partial charge in [0.2, 0.25) is 17.7 Å². The number of imidazole rings is 1. The lowest BCUT2D eigenvalue weighted by Gasteiger charge is -2.23. The van der Waals surface area contributed by atoms with E-state index < -0.39 is 47.9 Å². The largest absolute Gasteiger partial charge is 0.480 e. The number of aromatic amines is 1. The summed E-state index contributed by atoms with van der Waals surface area (Å²) in [4.78, 5) is 55.9. The van der Waals surface area contributed by atoms with Crippen LogP contribution in [0.3, 0.4) is 0 Å². The Hall–Kier alpha value is -2.64. The van der Waals surface area contributed by atoms with Crippen molar-refractivity contribution in [3.63, 3.8) is 0 Å². The van der Waals surface area contributed by atoms with Crippen LogP contribution in [-0.2, 0) is 25.6 Å². The molecule has 0 aromatic carbocycles. The topological polar surface area (TPSA) is 205 Å². The molecule has 1 rings (SSSR count). The van der Waals surface area contributed by atoms with Crippen molar-refractivity contribution in [2.45, 2.75) is 63.2 Å². The third kappa shape index (κ3) is 10.7. The van der Waals surface area contributed by atoms with E-state index in [0.29, 0.717) is 30.8 Å². The second-order valence-electron chi connectivity index (χ2n) is 7.64. The van der Waals surface area contributed by atoms with E-state index in [1.165, 1.54) is 25.0 Å². The van der Waals surface area contributed by atoms with Crippen molar-refractivity contribution in [1.82, 2.24) is 25.9 Å². The maximum atomic E-state index is 12.7. The molecule has 1 aromatic rings. The van der Waals surface area contributed by atoms with Crippen LogP contribution in [0.1, 0.15) is 38.3 Å². The Morgan fingerprint density at radius 3 is 2.36 bits per heavy atom. The number of aromatic nitrogens is 2. The van der Waals surface area contributed by atoms with Crippen molar-refractivity contribution < 1.29 is 24.3 Å². The molecule has 13 heteroatoms. The summed E-state index contributed by atoms with van der Waals surface area (Å²) >= 11 is 1.47. The predicted molar refractivity (Wildman–Crippen MR) is 125 cm³/mol. The number of unbranched alkanes of at least 4 members (excludes halogenated alkanes) is 1. The van der Waals surface area contributed by atoms with Crippen LogP contribution in [0.15, 0.2) is 12.5 Å². The third-order valence-electron chi connectivity index (χ3n) is 4.89. The fourth-order valence-electron chi connectivity index (χ4n) is 2.94. The maximum Gasteiger partial charge on any atom is 0.326 e. The van der Waals surface area contributed by atoms with Gasteiger partial charge in [-0.25, -0.2) is 9.78 Å². The molecule has 4 atom stereocenters. The summed E-state index contributed by atoms with van der Waals surface area (Å²) in [6, 6.07) is -3.87. The monoisotopic (exact) mass is 485 g/mol. The van der Waals surface area contributed by atoms with Crippen LogP contribution in [0.25, 0.3) is 0 Å². The molecule has 9 N–H and O–H groups in total. The number of thioether (sulfide) groups is 1. The molecular formula is C20H35N7O5S. The van der Waals surface area contributed by atoms with Crippen molar-refractivity contribution in [2.24, 2.45) is 11.5 Å². The summed E-state index contributed by atoms with van der Waals surface area (Å²) in [5.74, 6) is -2.29. The Morgan fingerprint density at radius 2 is 1.79 bits per heavy atom. The summed E-state index contributed by atoms with van der Waals surface area (Å²) < 4.78 is 0. The Morgan fingerprint density at radius 1 is 1.09 bits per heavy atom. The maximum absolute atomic E-state index is 12.7. The molecule has 33 heavy (non-hydrogen) atoms. The zero-order chi connectivity index (χ0) is 24.8. The normalized spacial score (nSPS) is 14.5. The molecule has 0 radical (unpaired) electrons. The zero-order valence-electron chi connectivity index (χ0n) is 19.0. The van der Waals surface area contributed by atoms with Crippen LogP contribution in [-0.4, -0.2) is 81.5 Å². The molecular weight excluding hydrogens is 450 g/mol. The Balaban J connectivity index is 2.71. The smallest absolute Gasteiger partial charge is 0.326 e. The van der Waals surface area contributed by atoms with Crippen LogP contribution < -0.4 is 27.4 Å². The van der Waals surface area contributed by atoms with Gasteiger partial charge in [-0.3, -0.25) is 14.4 Å². The highest BCUT2D eigenvalue weighted by molar-refractivity contribution is 7.98. The molecule has 0 aliphatic heterocycles. The minimum absolute atomic E-state index is 0.219. The molecule has 0 aliphatic carbocycles. The molecule has 0 saturated heterocycles. The Labute approximate surface area is 197 Å². The quantitative estimate of drug-likeness (QED) is 0.139. The molecule has 12 nitrogen and oxygen atoms in total. The fraction of sp³-hybridized carbons (Fsp3) is 0.650. The van der Waals surface area contributed by atoms with E-state index in [0.717, 1.165) is 0 Å². The Kier molecular flexibility index (Phi) is 13.1. The van der Waals surface area contributed by atoms with Crippen molar-refractivity contribution in [2.75, 3.05) is 18.6 Å². The highest BCUT2D eigenvalue weighted by Crippen LogP contribution is 2.06. The number of carboxylic acids is 1. The molecule has 186 valence electrons. The lowest BCUT2D eigenvalue weighted by molar-refractivity contribution is -0.142. The fourth-order valence-corrected chi connectivity index (χ4v) is 3.41. The lowest BCUT2D eigenvalue weighted by atomic mass is 10.1. The van der Waals surface area contributed by atoms with Crippen LogP contribution in [0.4, 0.5) is 0 Å². The minimum Gasteiger partial charge on any atom is -0.480 e. The number of hydrogen-bond acceptors (Lipinski definition) is 8. The first-order valence-electron chi connectivity index (χ1n) is 10.7. The summed E-state index contributed by atoms with van der Waals surface area (Å²) in [6.07, 6.45) is 6.83. The number of rotatable bonds is 16. The number of hydrogen-bond donors (Lipinski definition) is 7. The summed E-state index contributed by atoms with van der Waals surface area (Å²) in [6.45, 7) is 1.90. The first-order valence-corrected chi connectivity index (χ1v) is 12.1. The van der Waals surface area contributed by atoms with Gasteiger partial charge in [-0.05, 0) is 51.2 Å². The SMILES string of the molecule is CSCCC(NC(=O)C(CCCCN)NC(=O)C(C)NC(=O)C(N)Cc1cnc[nH]1)C(=O)O. The number of H-pyrrole nitrogens is 1. The van der Waals surface area contributed by atoms with Gasteiger partial charge in [0.05, 0.1) is 12.4 Å². The highest BCUT2D eigenvalue weighted by atomic mass is 32.2. The Bertz CT molecular complexity index is 762. The van der Waals surface area contributed by atoms with Gasteiger partial charge in [0, 0.05) is 18.3 Å². The standard InChI is InChI=1S/C20H35N7O5S/c1-12(25-18(29)14(22)9-13-10-23-11-24-13)17(28)26-15(5-3-4-7-21)19(30)27-16(20(31)32)6-8-33-2/h10-12,14-16H,3-9,21-22H2,1-2H3,(H,23,24)(H,25,29)(H,26,28)(H,27,30)(H,31,32). The second-order valence-corrected chi connectivity index (χ2v) is 8.63. The molecule has 0 fully saturated rings. The van der Waals surface area contributed by atoms with Crippen molar-refractivity contribution in [3.8, 4) is 0 Å². The number of carboxylic acid groups (broad SMARTS) is 1. The number of nitrogens with two attached hydrogens (primary N) is 2. The van der Waals surface area contributed by atoms with Gasteiger partial charge < -0.3 is 37.5 Å². The van der Waals surface area contributed by atoms with Crippen LogP contribution in [0.2, 0.25) is 0 Å². The first-order chi connectivity index (χ1) is 15.7. The van der Waals surface area contributed by atoms with E-state index in [1.54, 1.807) is 6.20 Å². The second kappa shape index (κ2) is 15.2. The van der Waals surface area contributed by atoms with Gasteiger partial charge in [0.15, 0.2) is 0 Å². The van der Waals surface area contributed by atoms with E-state index in [4.69, 9.17) is 11.5 Å². The average molecular weight is 486 g/mol. The van der Waals surface area contributed by atoms with Gasteiger partial charge in [0.25, 0.3) is 0 Å². The van der Waals surface area contributed by atoms with E-state index in [1.807, 2.05) is 6.26 Å². The number of nitrogens with one attached hydrogen (secondary N) is 4. The zero-order valence-corrected chi connectivity index (χ0v) is 19.8. The average Bonchev–Trinajstić information content (AvgIpc) is 3.28. The van der Waals surface area contributed by atoms with Gasteiger partial charge in [-0.2, -0.15) is 11.8 Å². The molecule has 0 aliphatic rings. The third-order valence-corrected chi connectivity index (χ3v) is 5.53. The summed E-state index contributed by atoms with van der Waals surface area (Å²) in [7, 11) is 0. The molecule has 3 amide bonds. The van der Waals surface area contributed by atoms with Gasteiger partial charge in [-0.15, -0.1) is 0 Å². The van der Waals surface area contributed by atoms with E-state index in [9.17, 15) is 24.3 Å². The van der Waals surface area contributed by atoms with E-state index >= 15 is 0 Å². The number of amides is 3. The molecule has 0 saturated carbocycles.